The zero-order chi connectivity index (χ0) is 45.7. The van der Waals surface area contributed by atoms with Crippen LogP contribution in [0.2, 0.25) is 0 Å². The average Bonchev–Trinajstić information content (AvgIpc) is 4.14. The summed E-state index contributed by atoms with van der Waals surface area (Å²) in [5, 5.41) is 14.0. The Hall–Kier alpha value is -6.86. The summed E-state index contributed by atoms with van der Waals surface area (Å²) in [7, 11) is 0. The highest BCUT2D eigenvalue weighted by atomic mass is 16.6. The predicted octanol–water partition coefficient (Wildman–Crippen LogP) is 7.99. The Kier molecular flexibility index (Phi) is 15.7. The topological polar surface area (TPSA) is 173 Å². The third-order valence-electron chi connectivity index (χ3n) is 12.2. The van der Waals surface area contributed by atoms with Gasteiger partial charge in [0.25, 0.3) is 0 Å². The van der Waals surface area contributed by atoms with Gasteiger partial charge in [0.1, 0.15) is 37.5 Å². The molecule has 0 radical (unpaired) electrons. The molecular weight excluding hydrogens is 821 g/mol. The summed E-state index contributed by atoms with van der Waals surface area (Å²) in [5.74, 6) is -1.23. The van der Waals surface area contributed by atoms with Crippen LogP contribution in [0.5, 0.6) is 0 Å². The molecule has 8 atom stereocenters. The fourth-order valence-corrected chi connectivity index (χ4v) is 7.96. The van der Waals surface area contributed by atoms with Gasteiger partial charge in [0.2, 0.25) is 11.8 Å². The summed E-state index contributed by atoms with van der Waals surface area (Å²) >= 11 is 0. The third kappa shape index (κ3) is 12.7. The zero-order valence-electron chi connectivity index (χ0n) is 37.3. The van der Waals surface area contributed by atoms with E-state index in [1.54, 1.807) is 0 Å². The van der Waals surface area contributed by atoms with Gasteiger partial charge in [-0.05, 0) is 60.1 Å². The number of hydrogen-bond acceptors (Lipinski definition) is 9. The number of carbonyl (C=O) groups excluding carboxylic acids is 4. The Morgan fingerprint density at radius 3 is 1.31 bits per heavy atom. The summed E-state index contributed by atoms with van der Waals surface area (Å²) in [4.78, 5) is 64.3. The molecule has 1 saturated heterocycles. The Morgan fingerprint density at radius 1 is 0.523 bits per heavy atom. The molecular formula is C52H58N6O7. The predicted molar refractivity (Wildman–Crippen MR) is 249 cm³/mol. The van der Waals surface area contributed by atoms with Crippen molar-refractivity contribution in [2.75, 3.05) is 0 Å². The standard InChI is InChI=1S/C52H58N6O7/c1-5-33(3)45(57-51(61)63-31-39-27-25-37-21-13-15-23-41(37)53-39)49(59)55-43(29-35-17-9-7-10-18-35)47-48(65-47)44(30-36-19-11-8-12-20-36)56-50(60)46(34(4)6-2)58-52(62)64-32-40-28-26-38-22-14-16-24-42(38)54-40/h7-28,33-34,43-48H,5-6,29-32H2,1-4H3,(H,55,59)(H,56,60)(H,57,61)(H,58,62)/t33?,34?,43-,44-,45-,46-,47-,48+/m0/s1. The van der Waals surface area contributed by atoms with Crippen LogP contribution in [0.3, 0.4) is 0 Å². The molecule has 4 amide bonds. The fourth-order valence-electron chi connectivity index (χ4n) is 7.96. The molecule has 1 aliphatic rings. The maximum absolute atomic E-state index is 14.3. The van der Waals surface area contributed by atoms with Gasteiger partial charge in [0, 0.05) is 10.8 Å². The van der Waals surface area contributed by atoms with E-state index < -0.39 is 48.6 Å². The summed E-state index contributed by atoms with van der Waals surface area (Å²) in [6.45, 7) is 7.59. The van der Waals surface area contributed by atoms with Crippen molar-refractivity contribution in [3.05, 3.63) is 156 Å². The summed E-state index contributed by atoms with van der Waals surface area (Å²) in [6.07, 6.45) is -0.367. The number of epoxide rings is 1. The second-order valence-electron chi connectivity index (χ2n) is 16.8. The minimum atomic E-state index is -0.911. The number of amides is 4. The molecule has 1 aliphatic heterocycles. The van der Waals surface area contributed by atoms with Crippen molar-refractivity contribution < 1.29 is 33.4 Å². The maximum Gasteiger partial charge on any atom is 0.408 e. The quantitative estimate of drug-likeness (QED) is 0.0555. The van der Waals surface area contributed by atoms with Crippen molar-refractivity contribution in [2.45, 2.75) is 103 Å². The molecule has 2 unspecified atom stereocenters. The van der Waals surface area contributed by atoms with Crippen LogP contribution < -0.4 is 21.3 Å². The molecule has 4 N–H and O–H groups in total. The van der Waals surface area contributed by atoms with Crippen LogP contribution in [0, 0.1) is 11.8 Å². The first-order valence-electron chi connectivity index (χ1n) is 22.5. The molecule has 4 aromatic carbocycles. The maximum atomic E-state index is 14.3. The van der Waals surface area contributed by atoms with E-state index in [9.17, 15) is 19.2 Å². The lowest BCUT2D eigenvalue weighted by Gasteiger charge is -2.27. The van der Waals surface area contributed by atoms with Gasteiger partial charge < -0.3 is 35.5 Å². The third-order valence-corrected chi connectivity index (χ3v) is 12.2. The van der Waals surface area contributed by atoms with Gasteiger partial charge >= 0.3 is 12.2 Å². The van der Waals surface area contributed by atoms with E-state index in [4.69, 9.17) is 14.2 Å². The summed E-state index contributed by atoms with van der Waals surface area (Å²) in [6, 6.07) is 39.5. The summed E-state index contributed by atoms with van der Waals surface area (Å²) < 4.78 is 17.6. The van der Waals surface area contributed by atoms with Crippen LogP contribution >= 0.6 is 0 Å². The lowest BCUT2D eigenvalue weighted by Crippen LogP contribution is -2.56. The number of pyridine rings is 2. The Balaban J connectivity index is 1.04. The lowest BCUT2D eigenvalue weighted by atomic mass is 9.93. The van der Waals surface area contributed by atoms with Crippen molar-refractivity contribution in [1.82, 2.24) is 31.2 Å². The molecule has 0 bridgehead atoms. The van der Waals surface area contributed by atoms with Crippen LogP contribution in [0.15, 0.2) is 133 Å². The number of nitrogens with one attached hydrogen (secondary N) is 4. The van der Waals surface area contributed by atoms with Crippen molar-refractivity contribution in [1.29, 1.82) is 0 Å². The van der Waals surface area contributed by atoms with Gasteiger partial charge in [-0.25, -0.2) is 19.6 Å². The monoisotopic (exact) mass is 878 g/mol. The summed E-state index contributed by atoms with van der Waals surface area (Å²) in [5.41, 5.74) is 4.70. The number of rotatable bonds is 20. The van der Waals surface area contributed by atoms with Crippen molar-refractivity contribution in [3.63, 3.8) is 0 Å². The van der Waals surface area contributed by atoms with E-state index in [0.29, 0.717) is 37.1 Å². The normalized spacial score (nSPS) is 17.1. The number of benzene rings is 4. The second kappa shape index (κ2) is 22.2. The average molecular weight is 879 g/mol. The van der Waals surface area contributed by atoms with Crippen molar-refractivity contribution >= 4 is 45.8 Å². The molecule has 0 spiro atoms. The van der Waals surface area contributed by atoms with Crippen molar-refractivity contribution in [2.24, 2.45) is 11.8 Å². The number of ether oxygens (including phenoxy) is 3. The van der Waals surface area contributed by atoms with Gasteiger partial charge in [-0.1, -0.05) is 150 Å². The highest BCUT2D eigenvalue weighted by Crippen LogP contribution is 2.32. The fraction of sp³-hybridized carbons (Fsp3) is 0.346. The number of para-hydroxylation sites is 2. The number of carbonyl (C=O) groups is 4. The first kappa shape index (κ1) is 46.1. The highest BCUT2D eigenvalue weighted by Gasteiger charge is 2.51. The first-order chi connectivity index (χ1) is 31.6. The number of alkyl carbamates (subject to hydrolysis) is 2. The minimum Gasteiger partial charge on any atom is -0.443 e. The van der Waals surface area contributed by atoms with Crippen LogP contribution in [-0.2, 0) is 49.9 Å². The molecule has 3 heterocycles. The van der Waals surface area contributed by atoms with E-state index in [1.165, 1.54) is 0 Å². The van der Waals surface area contributed by atoms with Gasteiger partial charge in [0.15, 0.2) is 0 Å². The molecule has 13 nitrogen and oxygen atoms in total. The smallest absolute Gasteiger partial charge is 0.408 e. The number of hydrogen-bond donors (Lipinski definition) is 4. The highest BCUT2D eigenvalue weighted by molar-refractivity contribution is 5.87. The second-order valence-corrected chi connectivity index (χ2v) is 16.8. The molecule has 0 saturated carbocycles. The van der Waals surface area contributed by atoms with Gasteiger partial charge in [-0.15, -0.1) is 0 Å². The Morgan fingerprint density at radius 2 is 0.908 bits per heavy atom. The SMILES string of the molecule is CCC(C)[C@H](NC(=O)OCc1ccc2ccccc2n1)C(=O)N[C@@H](Cc1ccccc1)[C@@H]1O[C@@H]1[C@H](Cc1ccccc1)NC(=O)[C@@H](NC(=O)OCc1ccc2ccccc2n1)C(C)CC. The van der Waals surface area contributed by atoms with Crippen LogP contribution in [0.25, 0.3) is 21.8 Å². The van der Waals surface area contributed by atoms with Gasteiger partial charge in [-0.2, -0.15) is 0 Å². The number of fused-ring (bicyclic) bond motifs is 2. The molecule has 1 fully saturated rings. The van der Waals surface area contributed by atoms with E-state index in [1.807, 2.05) is 161 Å². The Bertz CT molecular complexity index is 2370. The molecule has 2 aromatic heterocycles. The molecule has 338 valence electrons. The number of aromatic nitrogens is 2. The lowest BCUT2D eigenvalue weighted by molar-refractivity contribution is -0.126. The molecule has 0 aliphatic carbocycles. The molecule has 13 heteroatoms. The van der Waals surface area contributed by atoms with Crippen LogP contribution in [0.4, 0.5) is 9.59 Å². The minimum absolute atomic E-state index is 0.0638. The first-order valence-corrected chi connectivity index (χ1v) is 22.5. The number of nitrogens with zero attached hydrogens (tertiary/aromatic N) is 2. The van der Waals surface area contributed by atoms with Gasteiger partial charge in [-0.3, -0.25) is 9.59 Å². The van der Waals surface area contributed by atoms with E-state index in [-0.39, 0.29) is 36.9 Å². The van der Waals surface area contributed by atoms with E-state index in [0.717, 1.165) is 32.9 Å². The van der Waals surface area contributed by atoms with Crippen molar-refractivity contribution in [3.8, 4) is 0 Å². The molecule has 6 aromatic rings. The van der Waals surface area contributed by atoms with Crippen LogP contribution in [0.1, 0.15) is 63.1 Å². The molecule has 65 heavy (non-hydrogen) atoms. The van der Waals surface area contributed by atoms with E-state index >= 15 is 0 Å². The largest absolute Gasteiger partial charge is 0.443 e. The Labute approximate surface area is 380 Å². The zero-order valence-corrected chi connectivity index (χ0v) is 37.3. The van der Waals surface area contributed by atoms with Gasteiger partial charge in [0.05, 0.1) is 34.5 Å². The van der Waals surface area contributed by atoms with Crippen LogP contribution in [-0.4, -0.2) is 70.3 Å². The van der Waals surface area contributed by atoms with E-state index in [2.05, 4.69) is 31.2 Å². The molecule has 7 rings (SSSR count).